The summed E-state index contributed by atoms with van der Waals surface area (Å²) in [7, 11) is 0. The Hall–Kier alpha value is -1.26. The second-order valence-electron chi connectivity index (χ2n) is 3.91. The first-order valence-corrected chi connectivity index (χ1v) is 6.47. The van der Waals surface area contributed by atoms with Gasteiger partial charge in [-0.2, -0.15) is 0 Å². The lowest BCUT2D eigenvalue weighted by molar-refractivity contribution is 0.454. The van der Waals surface area contributed by atoms with Crippen LogP contribution in [0.25, 0.3) is 0 Å². The second kappa shape index (κ2) is 5.38. The van der Waals surface area contributed by atoms with Crippen LogP contribution in [0.15, 0.2) is 45.1 Å². The average molecular weight is 248 g/mol. The largest absolute Gasteiger partial charge is 0.439 e. The van der Waals surface area contributed by atoms with Crippen LogP contribution in [0.1, 0.15) is 30.6 Å². The van der Waals surface area contributed by atoms with Crippen molar-refractivity contribution in [3.8, 4) is 0 Å². The lowest BCUT2D eigenvalue weighted by Crippen LogP contribution is -2.09. The van der Waals surface area contributed by atoms with Crippen molar-refractivity contribution in [3.63, 3.8) is 0 Å². The van der Waals surface area contributed by atoms with Crippen molar-refractivity contribution in [1.29, 1.82) is 0 Å². The topological polar surface area (TPSA) is 52.0 Å². The first-order chi connectivity index (χ1) is 8.20. The molecule has 1 heterocycles. The Morgan fingerprint density at radius 1 is 1.41 bits per heavy atom. The van der Waals surface area contributed by atoms with Gasteiger partial charge in [0.2, 0.25) is 0 Å². The quantitative estimate of drug-likeness (QED) is 0.899. The van der Waals surface area contributed by atoms with E-state index >= 15 is 0 Å². The normalized spacial score (nSPS) is 12.6. The SMILES string of the molecule is CCC(N)c1ccccc1Sc1nc(C)co1. The third-order valence-corrected chi connectivity index (χ3v) is 3.51. The number of rotatable bonds is 4. The van der Waals surface area contributed by atoms with Gasteiger partial charge in [-0.15, -0.1) is 0 Å². The van der Waals surface area contributed by atoms with Crippen molar-refractivity contribution in [2.75, 3.05) is 0 Å². The Bertz CT molecular complexity index is 496. The molecule has 1 aromatic carbocycles. The van der Waals surface area contributed by atoms with E-state index < -0.39 is 0 Å². The summed E-state index contributed by atoms with van der Waals surface area (Å²) in [6, 6.07) is 8.19. The average Bonchev–Trinajstić information content (AvgIpc) is 2.74. The summed E-state index contributed by atoms with van der Waals surface area (Å²) in [6.45, 7) is 4.00. The fourth-order valence-electron chi connectivity index (χ4n) is 1.57. The van der Waals surface area contributed by atoms with Crippen LogP contribution >= 0.6 is 11.8 Å². The molecule has 2 aromatic rings. The molecule has 0 saturated carbocycles. The summed E-state index contributed by atoms with van der Waals surface area (Å²) in [4.78, 5) is 5.40. The minimum Gasteiger partial charge on any atom is -0.439 e. The molecule has 0 saturated heterocycles. The number of aromatic nitrogens is 1. The molecule has 1 aromatic heterocycles. The Kier molecular flexibility index (Phi) is 3.86. The number of hydrogen-bond donors (Lipinski definition) is 1. The van der Waals surface area contributed by atoms with Gasteiger partial charge < -0.3 is 10.2 Å². The van der Waals surface area contributed by atoms with E-state index in [0.717, 1.165) is 22.6 Å². The van der Waals surface area contributed by atoms with Gasteiger partial charge in [0.05, 0.1) is 5.69 Å². The van der Waals surface area contributed by atoms with Crippen LogP contribution in [0.3, 0.4) is 0 Å². The molecule has 0 amide bonds. The third kappa shape index (κ3) is 2.90. The summed E-state index contributed by atoms with van der Waals surface area (Å²) < 4.78 is 5.35. The molecule has 0 aliphatic carbocycles. The van der Waals surface area contributed by atoms with Gasteiger partial charge in [0.1, 0.15) is 6.26 Å². The zero-order valence-corrected chi connectivity index (χ0v) is 10.8. The molecule has 1 unspecified atom stereocenters. The van der Waals surface area contributed by atoms with Crippen molar-refractivity contribution in [2.24, 2.45) is 5.73 Å². The lowest BCUT2D eigenvalue weighted by Gasteiger charge is -2.12. The molecule has 0 radical (unpaired) electrons. The number of nitrogens with zero attached hydrogens (tertiary/aromatic N) is 1. The third-order valence-electron chi connectivity index (χ3n) is 2.55. The van der Waals surface area contributed by atoms with E-state index in [1.165, 1.54) is 11.8 Å². The molecule has 0 fully saturated rings. The molecule has 17 heavy (non-hydrogen) atoms. The molecule has 3 nitrogen and oxygen atoms in total. The van der Waals surface area contributed by atoms with Crippen molar-refractivity contribution in [1.82, 2.24) is 4.98 Å². The molecule has 0 spiro atoms. The first-order valence-electron chi connectivity index (χ1n) is 5.65. The number of nitrogens with two attached hydrogens (primary N) is 1. The highest BCUT2D eigenvalue weighted by atomic mass is 32.2. The highest BCUT2D eigenvalue weighted by Gasteiger charge is 2.12. The smallest absolute Gasteiger partial charge is 0.260 e. The zero-order chi connectivity index (χ0) is 12.3. The van der Waals surface area contributed by atoms with Gasteiger partial charge in [-0.3, -0.25) is 0 Å². The molecule has 2 N–H and O–H groups in total. The number of oxazole rings is 1. The van der Waals surface area contributed by atoms with Crippen LogP contribution in [-0.4, -0.2) is 4.98 Å². The molecule has 2 rings (SSSR count). The van der Waals surface area contributed by atoms with E-state index in [0.29, 0.717) is 5.22 Å². The predicted octanol–water partition coefficient (Wildman–Crippen LogP) is 3.54. The minimum absolute atomic E-state index is 0.0646. The highest BCUT2D eigenvalue weighted by molar-refractivity contribution is 7.99. The number of aryl methyl sites for hydroxylation is 1. The minimum atomic E-state index is 0.0646. The van der Waals surface area contributed by atoms with E-state index in [9.17, 15) is 0 Å². The van der Waals surface area contributed by atoms with Gasteiger partial charge in [-0.05, 0) is 36.7 Å². The summed E-state index contributed by atoms with van der Waals surface area (Å²) in [6.07, 6.45) is 2.58. The maximum absolute atomic E-state index is 6.09. The monoisotopic (exact) mass is 248 g/mol. The molecule has 0 bridgehead atoms. The summed E-state index contributed by atoms with van der Waals surface area (Å²) in [5, 5.41) is 0.665. The van der Waals surface area contributed by atoms with Gasteiger partial charge in [0.25, 0.3) is 5.22 Å². The summed E-state index contributed by atoms with van der Waals surface area (Å²) in [5.74, 6) is 0. The Morgan fingerprint density at radius 3 is 2.82 bits per heavy atom. The Morgan fingerprint density at radius 2 is 2.18 bits per heavy atom. The zero-order valence-electron chi connectivity index (χ0n) is 10.0. The van der Waals surface area contributed by atoms with Gasteiger partial charge in [-0.25, -0.2) is 4.98 Å². The summed E-state index contributed by atoms with van der Waals surface area (Å²) in [5.41, 5.74) is 8.13. The van der Waals surface area contributed by atoms with Crippen LogP contribution in [-0.2, 0) is 0 Å². The number of hydrogen-bond acceptors (Lipinski definition) is 4. The number of benzene rings is 1. The fourth-order valence-corrected chi connectivity index (χ4v) is 2.53. The molecular weight excluding hydrogens is 232 g/mol. The molecule has 4 heteroatoms. The van der Waals surface area contributed by atoms with Crippen LogP contribution in [0.5, 0.6) is 0 Å². The Labute approximate surface area is 105 Å². The van der Waals surface area contributed by atoms with Gasteiger partial charge >= 0.3 is 0 Å². The molecule has 90 valence electrons. The van der Waals surface area contributed by atoms with Crippen LogP contribution in [0, 0.1) is 6.92 Å². The molecule has 0 aliphatic rings. The maximum atomic E-state index is 6.09. The predicted molar refractivity (Wildman–Crippen MR) is 69.0 cm³/mol. The van der Waals surface area contributed by atoms with Gasteiger partial charge in [-0.1, -0.05) is 25.1 Å². The molecule has 0 aliphatic heterocycles. The van der Waals surface area contributed by atoms with E-state index in [-0.39, 0.29) is 6.04 Å². The van der Waals surface area contributed by atoms with E-state index in [1.807, 2.05) is 19.1 Å². The Balaban J connectivity index is 2.26. The molecule has 1 atom stereocenters. The van der Waals surface area contributed by atoms with Crippen molar-refractivity contribution >= 4 is 11.8 Å². The highest BCUT2D eigenvalue weighted by Crippen LogP contribution is 2.32. The summed E-state index contributed by atoms with van der Waals surface area (Å²) >= 11 is 1.52. The van der Waals surface area contributed by atoms with Crippen molar-refractivity contribution in [3.05, 3.63) is 41.8 Å². The fraction of sp³-hybridized carbons (Fsp3) is 0.308. The molecular formula is C13H16N2OS. The van der Waals surface area contributed by atoms with Crippen molar-refractivity contribution < 1.29 is 4.42 Å². The van der Waals surface area contributed by atoms with E-state index in [2.05, 4.69) is 24.0 Å². The van der Waals surface area contributed by atoms with E-state index in [1.54, 1.807) is 6.26 Å². The standard InChI is InChI=1S/C13H16N2OS/c1-3-11(14)10-6-4-5-7-12(10)17-13-15-9(2)8-16-13/h4-8,11H,3,14H2,1-2H3. The van der Waals surface area contributed by atoms with Crippen LogP contribution in [0.2, 0.25) is 0 Å². The maximum Gasteiger partial charge on any atom is 0.260 e. The van der Waals surface area contributed by atoms with Crippen LogP contribution < -0.4 is 5.73 Å². The van der Waals surface area contributed by atoms with Crippen LogP contribution in [0.4, 0.5) is 0 Å². The van der Waals surface area contributed by atoms with Crippen molar-refractivity contribution in [2.45, 2.75) is 36.4 Å². The van der Waals surface area contributed by atoms with Gasteiger partial charge in [0.15, 0.2) is 0 Å². The first kappa shape index (κ1) is 12.2. The van der Waals surface area contributed by atoms with E-state index in [4.69, 9.17) is 10.2 Å². The lowest BCUT2D eigenvalue weighted by atomic mass is 10.1. The van der Waals surface area contributed by atoms with Gasteiger partial charge in [0, 0.05) is 10.9 Å². The second-order valence-corrected chi connectivity index (χ2v) is 4.90.